The molecule has 1 heterocycles. The van der Waals surface area contributed by atoms with Crippen LogP contribution in [0.1, 0.15) is 27.0 Å². The summed E-state index contributed by atoms with van der Waals surface area (Å²) in [7, 11) is 0. The second-order valence-corrected chi connectivity index (χ2v) is 9.54. The highest BCUT2D eigenvalue weighted by Gasteiger charge is 2.19. The number of nitrogens with one attached hydrogen (secondary N) is 3. The molecule has 7 heteroatoms. The van der Waals surface area contributed by atoms with Gasteiger partial charge in [-0.1, -0.05) is 84.0 Å². The maximum absolute atomic E-state index is 12.8. The van der Waals surface area contributed by atoms with Crippen molar-refractivity contribution in [2.24, 2.45) is 4.99 Å². The number of carbonyl (C=O) groups is 1. The van der Waals surface area contributed by atoms with E-state index in [0.717, 1.165) is 38.0 Å². The maximum atomic E-state index is 12.8. The lowest BCUT2D eigenvalue weighted by atomic mass is 10.1. The topological polar surface area (TPSA) is 65.5 Å². The molecule has 0 saturated carbocycles. The average Bonchev–Trinajstić information content (AvgIpc) is 3.05. The molecule has 5 rings (SSSR count). The molecule has 0 spiro atoms. The number of hydrazine groups is 1. The van der Waals surface area contributed by atoms with Crippen LogP contribution >= 0.6 is 23.4 Å². The quantitative estimate of drug-likeness (QED) is 0.273. The highest BCUT2D eigenvalue weighted by Crippen LogP contribution is 2.39. The molecular weight excluding hydrogens is 476 g/mol. The van der Waals surface area contributed by atoms with Crippen LogP contribution in [0.25, 0.3) is 0 Å². The number of nitrogens with zero attached hydrogens (tertiary/aromatic N) is 1. The van der Waals surface area contributed by atoms with Gasteiger partial charge < -0.3 is 5.32 Å². The number of benzene rings is 4. The van der Waals surface area contributed by atoms with Gasteiger partial charge in [-0.25, -0.2) is 5.43 Å². The van der Waals surface area contributed by atoms with Gasteiger partial charge in [0.05, 0.1) is 12.2 Å². The van der Waals surface area contributed by atoms with E-state index in [9.17, 15) is 4.79 Å². The van der Waals surface area contributed by atoms with Crippen LogP contribution < -0.4 is 16.2 Å². The molecule has 35 heavy (non-hydrogen) atoms. The molecular formula is C28H23ClN4OS. The number of rotatable bonds is 6. The van der Waals surface area contributed by atoms with Crippen molar-refractivity contribution in [3.05, 3.63) is 124 Å². The predicted octanol–water partition coefficient (Wildman–Crippen LogP) is 6.30. The Bertz CT molecular complexity index is 1370. The van der Waals surface area contributed by atoms with Crippen LogP contribution in [0.2, 0.25) is 5.02 Å². The minimum Gasteiger partial charge on any atom is -0.339 e. The summed E-state index contributed by atoms with van der Waals surface area (Å²) >= 11 is 7.68. The summed E-state index contributed by atoms with van der Waals surface area (Å²) in [6.07, 6.45) is 0. The van der Waals surface area contributed by atoms with Gasteiger partial charge in [0.1, 0.15) is 5.84 Å². The van der Waals surface area contributed by atoms with E-state index >= 15 is 0 Å². The Kier molecular flexibility index (Phi) is 7.14. The molecule has 1 amide bonds. The fourth-order valence-electron chi connectivity index (χ4n) is 3.70. The number of aliphatic imine (C=N–C) groups is 1. The van der Waals surface area contributed by atoms with Crippen molar-refractivity contribution in [2.75, 3.05) is 5.32 Å². The molecule has 174 valence electrons. The number of amidine groups is 1. The third-order valence-electron chi connectivity index (χ3n) is 5.53. The van der Waals surface area contributed by atoms with Gasteiger partial charge in [-0.15, -0.1) is 0 Å². The zero-order chi connectivity index (χ0) is 24.0. The summed E-state index contributed by atoms with van der Waals surface area (Å²) in [5, 5.41) is 4.18. The fraction of sp³-hybridized carbons (Fsp3) is 0.0714. The largest absolute Gasteiger partial charge is 0.339 e. The van der Waals surface area contributed by atoms with Crippen molar-refractivity contribution >= 4 is 40.8 Å². The van der Waals surface area contributed by atoms with Crippen LogP contribution in [0.3, 0.4) is 0 Å². The summed E-state index contributed by atoms with van der Waals surface area (Å²) in [4.78, 5) is 19.8. The molecule has 0 bridgehead atoms. The molecule has 0 aromatic heterocycles. The zero-order valence-electron chi connectivity index (χ0n) is 18.8. The highest BCUT2D eigenvalue weighted by atomic mass is 35.5. The number of hydrogen-bond acceptors (Lipinski definition) is 4. The Balaban J connectivity index is 1.36. The second-order valence-electron chi connectivity index (χ2n) is 8.02. The highest BCUT2D eigenvalue weighted by molar-refractivity contribution is 7.99. The van der Waals surface area contributed by atoms with Crippen molar-refractivity contribution in [2.45, 2.75) is 22.9 Å². The minimum absolute atomic E-state index is 0.197. The first-order chi connectivity index (χ1) is 17.2. The lowest BCUT2D eigenvalue weighted by molar-refractivity contribution is 0.0932. The van der Waals surface area contributed by atoms with E-state index in [1.807, 2.05) is 84.9 Å². The average molecular weight is 499 g/mol. The van der Waals surface area contributed by atoms with Crippen molar-refractivity contribution in [3.63, 3.8) is 0 Å². The zero-order valence-corrected chi connectivity index (χ0v) is 20.4. The lowest BCUT2D eigenvalue weighted by Gasteiger charge is -2.12. The molecule has 0 unspecified atom stereocenters. The smallest absolute Gasteiger partial charge is 0.265 e. The summed E-state index contributed by atoms with van der Waals surface area (Å²) < 4.78 is 0. The fourth-order valence-corrected chi connectivity index (χ4v) is 4.84. The normalized spacial score (nSPS) is 13.3. The molecule has 1 aliphatic heterocycles. The first-order valence-corrected chi connectivity index (χ1v) is 12.4. The molecule has 0 saturated heterocycles. The van der Waals surface area contributed by atoms with E-state index in [4.69, 9.17) is 16.6 Å². The number of halogens is 1. The van der Waals surface area contributed by atoms with Gasteiger partial charge in [0, 0.05) is 32.5 Å². The van der Waals surface area contributed by atoms with E-state index in [1.165, 1.54) is 0 Å². The van der Waals surface area contributed by atoms with Crippen LogP contribution in [0, 0.1) is 0 Å². The number of fused-ring (bicyclic) bond motifs is 2. The first-order valence-electron chi connectivity index (χ1n) is 11.2. The van der Waals surface area contributed by atoms with Gasteiger partial charge >= 0.3 is 0 Å². The SMILES string of the molecule is O=C(NNCc1ccccc1)c1ccc2c(c1)NC(=NCc1ccc(Cl)cc1)c1ccccc1S2. The second kappa shape index (κ2) is 10.8. The third kappa shape index (κ3) is 5.74. The standard InChI is InChI=1S/C28H23ClN4OS/c29-22-13-10-20(11-14-22)17-30-27-23-8-4-5-9-25(23)35-26-15-12-21(16-24(26)32-27)28(34)33-31-18-19-6-2-1-3-7-19/h1-16,31H,17-18H2,(H,30,32)(H,33,34). The van der Waals surface area contributed by atoms with Gasteiger partial charge in [0.2, 0.25) is 0 Å². The number of hydrogen-bond donors (Lipinski definition) is 3. The van der Waals surface area contributed by atoms with Crippen LogP contribution in [-0.4, -0.2) is 11.7 Å². The summed E-state index contributed by atoms with van der Waals surface area (Å²) in [5.41, 5.74) is 10.4. The van der Waals surface area contributed by atoms with E-state index in [0.29, 0.717) is 23.7 Å². The van der Waals surface area contributed by atoms with E-state index in [-0.39, 0.29) is 5.91 Å². The van der Waals surface area contributed by atoms with Gasteiger partial charge in [-0.2, -0.15) is 0 Å². The summed E-state index contributed by atoms with van der Waals surface area (Å²) in [6, 6.07) is 31.5. The van der Waals surface area contributed by atoms with E-state index in [2.05, 4.69) is 28.3 Å². The Morgan fingerprint density at radius 1 is 0.857 bits per heavy atom. The summed E-state index contributed by atoms with van der Waals surface area (Å²) in [5.74, 6) is 0.568. The molecule has 0 fully saturated rings. The number of carbonyl (C=O) groups excluding carboxylic acids is 1. The molecule has 0 radical (unpaired) electrons. The van der Waals surface area contributed by atoms with Crippen molar-refractivity contribution in [1.82, 2.24) is 10.9 Å². The lowest BCUT2D eigenvalue weighted by Crippen LogP contribution is -2.36. The molecule has 0 atom stereocenters. The van der Waals surface area contributed by atoms with E-state index in [1.54, 1.807) is 11.8 Å². The Hall–Kier alpha value is -3.58. The molecule has 4 aromatic carbocycles. The minimum atomic E-state index is -0.197. The molecule has 5 nitrogen and oxygen atoms in total. The molecule has 3 N–H and O–H groups in total. The Labute approximate surface area is 213 Å². The number of amides is 1. The van der Waals surface area contributed by atoms with Crippen molar-refractivity contribution < 1.29 is 4.79 Å². The van der Waals surface area contributed by atoms with E-state index < -0.39 is 0 Å². The maximum Gasteiger partial charge on any atom is 0.265 e. The van der Waals surface area contributed by atoms with Gasteiger partial charge in [0.25, 0.3) is 5.91 Å². The van der Waals surface area contributed by atoms with Crippen molar-refractivity contribution in [3.8, 4) is 0 Å². The molecule has 4 aromatic rings. The van der Waals surface area contributed by atoms with Gasteiger partial charge in [-0.3, -0.25) is 15.2 Å². The van der Waals surface area contributed by atoms with Crippen molar-refractivity contribution in [1.29, 1.82) is 0 Å². The van der Waals surface area contributed by atoms with Gasteiger partial charge in [0.15, 0.2) is 0 Å². The van der Waals surface area contributed by atoms with Crippen LogP contribution in [0.5, 0.6) is 0 Å². The Morgan fingerprint density at radius 2 is 1.63 bits per heavy atom. The van der Waals surface area contributed by atoms with Crippen LogP contribution in [0.4, 0.5) is 5.69 Å². The molecule has 0 aliphatic carbocycles. The summed E-state index contributed by atoms with van der Waals surface area (Å²) in [6.45, 7) is 1.06. The number of anilines is 1. The van der Waals surface area contributed by atoms with Crippen LogP contribution in [0.15, 0.2) is 112 Å². The third-order valence-corrected chi connectivity index (χ3v) is 6.93. The Morgan fingerprint density at radius 3 is 2.46 bits per heavy atom. The molecule has 1 aliphatic rings. The predicted molar refractivity (Wildman–Crippen MR) is 143 cm³/mol. The monoisotopic (exact) mass is 498 g/mol. The first kappa shape index (κ1) is 23.2. The van der Waals surface area contributed by atoms with Crippen LogP contribution in [-0.2, 0) is 13.1 Å². The van der Waals surface area contributed by atoms with Gasteiger partial charge in [-0.05, 0) is 47.5 Å².